The van der Waals surface area contributed by atoms with Crippen LogP contribution in [0, 0.1) is 0 Å². The number of hydrogen-bond donors (Lipinski definition) is 3. The van der Waals surface area contributed by atoms with Crippen molar-refractivity contribution in [2.45, 2.75) is 11.1 Å². The highest BCUT2D eigenvalue weighted by Crippen LogP contribution is 2.32. The molecule has 0 bridgehead atoms. The first kappa shape index (κ1) is 20.4. The second-order valence-corrected chi connectivity index (χ2v) is 7.44. The highest BCUT2D eigenvalue weighted by atomic mass is 32.2. The molecule has 1 amide bonds. The lowest BCUT2D eigenvalue weighted by Gasteiger charge is -2.10. The number of aromatic hydroxyl groups is 2. The number of amides is 1. The van der Waals surface area contributed by atoms with Gasteiger partial charge in [0.05, 0.1) is 10.5 Å². The van der Waals surface area contributed by atoms with Gasteiger partial charge in [-0.05, 0) is 53.2 Å². The first-order chi connectivity index (χ1) is 13.5. The standard InChI is InChI=1S/C18H12F3NO6S/c19-18(20,21)13-3-1-2-11(6-13)17(25)22-28-29(26,27)14-5-4-10-8-15(23)16(24)9-12(10)7-14/h1-9,23-24H,(H,22,25). The van der Waals surface area contributed by atoms with Gasteiger partial charge in [0.2, 0.25) is 0 Å². The smallest absolute Gasteiger partial charge is 0.416 e. The minimum absolute atomic E-state index is 0.258. The molecule has 0 aliphatic rings. The van der Waals surface area contributed by atoms with Gasteiger partial charge in [0.1, 0.15) is 0 Å². The van der Waals surface area contributed by atoms with Gasteiger partial charge in [-0.25, -0.2) is 5.48 Å². The van der Waals surface area contributed by atoms with E-state index in [2.05, 4.69) is 4.28 Å². The Kier molecular flexibility index (Phi) is 5.11. The fourth-order valence-electron chi connectivity index (χ4n) is 2.44. The zero-order valence-corrected chi connectivity index (χ0v) is 15.1. The Labute approximate surface area is 162 Å². The third-order valence-corrected chi connectivity index (χ3v) is 5.02. The predicted octanol–water partition coefficient (Wildman–Crippen LogP) is 3.32. The summed E-state index contributed by atoms with van der Waals surface area (Å²) in [6.45, 7) is 0. The molecule has 0 heterocycles. The highest BCUT2D eigenvalue weighted by molar-refractivity contribution is 7.86. The zero-order valence-electron chi connectivity index (χ0n) is 14.3. The van der Waals surface area contributed by atoms with E-state index in [9.17, 15) is 36.6 Å². The van der Waals surface area contributed by atoms with Crippen LogP contribution in [0.1, 0.15) is 15.9 Å². The van der Waals surface area contributed by atoms with Gasteiger partial charge in [0.25, 0.3) is 5.91 Å². The van der Waals surface area contributed by atoms with E-state index >= 15 is 0 Å². The van der Waals surface area contributed by atoms with Crippen molar-refractivity contribution in [1.82, 2.24) is 5.48 Å². The van der Waals surface area contributed by atoms with E-state index in [0.29, 0.717) is 11.5 Å². The van der Waals surface area contributed by atoms with Gasteiger partial charge in [-0.3, -0.25) is 4.79 Å². The van der Waals surface area contributed by atoms with Gasteiger partial charge in [0.15, 0.2) is 11.5 Å². The van der Waals surface area contributed by atoms with Gasteiger partial charge in [0, 0.05) is 5.56 Å². The summed E-state index contributed by atoms with van der Waals surface area (Å²) >= 11 is 0. The third-order valence-electron chi connectivity index (χ3n) is 3.89. The summed E-state index contributed by atoms with van der Waals surface area (Å²) in [6.07, 6.45) is -4.67. The molecule has 3 aromatic rings. The molecular formula is C18H12F3NO6S. The largest absolute Gasteiger partial charge is 0.504 e. The van der Waals surface area contributed by atoms with Crippen molar-refractivity contribution < 1.29 is 40.9 Å². The molecule has 0 aliphatic carbocycles. The number of benzene rings is 3. The van der Waals surface area contributed by atoms with Crippen molar-refractivity contribution in [3.63, 3.8) is 0 Å². The lowest BCUT2D eigenvalue weighted by Crippen LogP contribution is -2.27. The topological polar surface area (TPSA) is 113 Å². The second kappa shape index (κ2) is 7.26. The maximum absolute atomic E-state index is 12.7. The van der Waals surface area contributed by atoms with Crippen molar-refractivity contribution >= 4 is 26.8 Å². The van der Waals surface area contributed by atoms with Crippen molar-refractivity contribution in [3.8, 4) is 11.5 Å². The summed E-state index contributed by atoms with van der Waals surface area (Å²) in [6, 6.07) is 9.31. The van der Waals surface area contributed by atoms with Crippen LogP contribution < -0.4 is 5.48 Å². The molecule has 7 nitrogen and oxygen atoms in total. The number of carbonyl (C=O) groups excluding carboxylic acids is 1. The number of phenols is 2. The maximum Gasteiger partial charge on any atom is 0.416 e. The van der Waals surface area contributed by atoms with E-state index < -0.39 is 44.8 Å². The molecule has 0 aliphatic heterocycles. The fraction of sp³-hybridized carbons (Fsp3) is 0.0556. The molecule has 0 spiro atoms. The van der Waals surface area contributed by atoms with Crippen molar-refractivity contribution in [1.29, 1.82) is 0 Å². The average Bonchev–Trinajstić information content (AvgIpc) is 2.66. The molecule has 11 heteroatoms. The summed E-state index contributed by atoms with van der Waals surface area (Å²) in [7, 11) is -4.51. The number of fused-ring (bicyclic) bond motifs is 1. The van der Waals surface area contributed by atoms with Crippen LogP contribution in [-0.4, -0.2) is 24.5 Å². The first-order valence-electron chi connectivity index (χ1n) is 7.84. The van der Waals surface area contributed by atoms with Crippen LogP contribution >= 0.6 is 0 Å². The third kappa shape index (κ3) is 4.41. The molecule has 0 radical (unpaired) electrons. The Bertz CT molecular complexity index is 1210. The van der Waals surface area contributed by atoms with E-state index in [1.54, 1.807) is 5.48 Å². The van der Waals surface area contributed by atoms with Crippen LogP contribution in [0.15, 0.2) is 59.5 Å². The monoisotopic (exact) mass is 427 g/mol. The van der Waals surface area contributed by atoms with E-state index in [-0.39, 0.29) is 10.3 Å². The number of nitrogens with one attached hydrogen (secondary N) is 1. The lowest BCUT2D eigenvalue weighted by molar-refractivity contribution is -0.137. The van der Waals surface area contributed by atoms with Gasteiger partial charge >= 0.3 is 16.3 Å². The van der Waals surface area contributed by atoms with E-state index in [1.807, 2.05) is 0 Å². The minimum Gasteiger partial charge on any atom is -0.504 e. The van der Waals surface area contributed by atoms with Gasteiger partial charge in [-0.2, -0.15) is 21.6 Å². The Balaban J connectivity index is 1.80. The molecule has 3 N–H and O–H groups in total. The van der Waals surface area contributed by atoms with Gasteiger partial charge in [-0.15, -0.1) is 4.28 Å². The predicted molar refractivity (Wildman–Crippen MR) is 94.5 cm³/mol. The quantitative estimate of drug-likeness (QED) is 0.435. The molecule has 0 saturated carbocycles. The number of carbonyl (C=O) groups is 1. The Morgan fingerprint density at radius 2 is 1.59 bits per heavy atom. The molecular weight excluding hydrogens is 415 g/mol. The first-order valence-corrected chi connectivity index (χ1v) is 9.25. The second-order valence-electron chi connectivity index (χ2n) is 5.90. The molecule has 3 aromatic carbocycles. The Morgan fingerprint density at radius 3 is 2.24 bits per heavy atom. The summed E-state index contributed by atoms with van der Waals surface area (Å²) in [5, 5.41) is 19.7. The number of alkyl halides is 3. The normalized spacial score (nSPS) is 12.1. The van der Waals surface area contributed by atoms with Crippen LogP contribution in [0.5, 0.6) is 11.5 Å². The van der Waals surface area contributed by atoms with Crippen LogP contribution in [0.25, 0.3) is 10.8 Å². The molecule has 0 saturated heterocycles. The number of hydroxylamine groups is 1. The number of hydrogen-bond acceptors (Lipinski definition) is 6. The highest BCUT2D eigenvalue weighted by Gasteiger charge is 2.31. The lowest BCUT2D eigenvalue weighted by atomic mass is 10.1. The van der Waals surface area contributed by atoms with Crippen LogP contribution in [-0.2, 0) is 20.6 Å². The molecule has 29 heavy (non-hydrogen) atoms. The molecule has 3 rings (SSSR count). The SMILES string of the molecule is O=C(NOS(=O)(=O)c1ccc2cc(O)c(O)cc2c1)c1cccc(C(F)(F)F)c1. The summed E-state index contributed by atoms with van der Waals surface area (Å²) in [5.74, 6) is -2.05. The molecule has 0 fully saturated rings. The van der Waals surface area contributed by atoms with Crippen LogP contribution in [0.2, 0.25) is 0 Å². The van der Waals surface area contributed by atoms with Crippen molar-refractivity contribution in [2.75, 3.05) is 0 Å². The summed E-state index contributed by atoms with van der Waals surface area (Å²) in [5.41, 5.74) is 0.0731. The molecule has 0 unspecified atom stereocenters. The maximum atomic E-state index is 12.7. The fourth-order valence-corrected chi connectivity index (χ4v) is 3.23. The molecule has 0 atom stereocenters. The Morgan fingerprint density at radius 1 is 0.931 bits per heavy atom. The van der Waals surface area contributed by atoms with E-state index in [4.69, 9.17) is 0 Å². The number of phenolic OH excluding ortho intramolecular Hbond substituents is 2. The van der Waals surface area contributed by atoms with Crippen LogP contribution in [0.3, 0.4) is 0 Å². The van der Waals surface area contributed by atoms with E-state index in [1.165, 1.54) is 12.1 Å². The molecule has 152 valence electrons. The van der Waals surface area contributed by atoms with Gasteiger partial charge < -0.3 is 10.2 Å². The zero-order chi connectivity index (χ0) is 21.4. The number of rotatable bonds is 4. The Hall–Kier alpha value is -3.31. The average molecular weight is 427 g/mol. The van der Waals surface area contributed by atoms with Crippen molar-refractivity contribution in [3.05, 3.63) is 65.7 Å². The van der Waals surface area contributed by atoms with Crippen molar-refractivity contribution in [2.24, 2.45) is 0 Å². The van der Waals surface area contributed by atoms with E-state index in [0.717, 1.165) is 36.4 Å². The molecule has 0 aromatic heterocycles. The van der Waals surface area contributed by atoms with Gasteiger partial charge in [-0.1, -0.05) is 12.1 Å². The minimum atomic E-state index is -4.67. The summed E-state index contributed by atoms with van der Waals surface area (Å²) in [4.78, 5) is 11.6. The summed E-state index contributed by atoms with van der Waals surface area (Å²) < 4.78 is 67.1. The van der Waals surface area contributed by atoms with Crippen LogP contribution in [0.4, 0.5) is 13.2 Å². The number of halogens is 3.